The number of benzene rings is 1. The van der Waals surface area contributed by atoms with Gasteiger partial charge in [0.2, 0.25) is 5.91 Å². The fourth-order valence-corrected chi connectivity index (χ4v) is 2.49. The predicted molar refractivity (Wildman–Crippen MR) is 81.2 cm³/mol. The number of piperidine rings is 1. The molecule has 2 amide bonds. The maximum atomic E-state index is 13.6. The lowest BCUT2D eigenvalue weighted by molar-refractivity contribution is -0.140. The highest BCUT2D eigenvalue weighted by molar-refractivity contribution is 5.98. The van der Waals surface area contributed by atoms with E-state index in [2.05, 4.69) is 16.0 Å². The zero-order valence-corrected chi connectivity index (χ0v) is 12.7. The fourth-order valence-electron chi connectivity index (χ4n) is 2.49. The molecular weight excluding hydrogens is 289 g/mol. The van der Waals surface area contributed by atoms with Gasteiger partial charge in [-0.3, -0.25) is 9.59 Å². The van der Waals surface area contributed by atoms with Gasteiger partial charge >= 0.3 is 0 Å². The molecule has 0 aliphatic carbocycles. The molecule has 2 rings (SSSR count). The van der Waals surface area contributed by atoms with E-state index in [1.807, 2.05) is 0 Å². The maximum Gasteiger partial charge on any atom is 0.256 e. The van der Waals surface area contributed by atoms with Gasteiger partial charge in [-0.05, 0) is 44.1 Å². The van der Waals surface area contributed by atoms with E-state index in [9.17, 15) is 14.0 Å². The minimum Gasteiger partial charge on any atom is -0.368 e. The van der Waals surface area contributed by atoms with Crippen molar-refractivity contribution in [2.45, 2.75) is 25.4 Å². The topological polar surface area (TPSA) is 79.5 Å². The van der Waals surface area contributed by atoms with Crippen LogP contribution in [0.4, 0.5) is 15.8 Å². The molecule has 1 aliphatic heterocycles. The minimum atomic E-state index is -0.881. The average Bonchev–Trinajstić information content (AvgIpc) is 2.50. The Kier molecular flexibility index (Phi) is 5.10. The summed E-state index contributed by atoms with van der Waals surface area (Å²) in [6, 6.07) is 4.03. The molecule has 0 spiro atoms. The van der Waals surface area contributed by atoms with Crippen molar-refractivity contribution >= 4 is 23.2 Å². The molecular formula is C15H20FN3O3. The number of nitrogens with one attached hydrogen (secondary N) is 3. The monoisotopic (exact) mass is 309 g/mol. The fraction of sp³-hybridized carbons (Fsp3) is 0.467. The summed E-state index contributed by atoms with van der Waals surface area (Å²) < 4.78 is 19.0. The highest BCUT2D eigenvalue weighted by Gasteiger charge is 2.39. The molecule has 3 N–H and O–H groups in total. The molecule has 22 heavy (non-hydrogen) atoms. The lowest BCUT2D eigenvalue weighted by Crippen LogP contribution is -2.51. The minimum absolute atomic E-state index is 0.0297. The van der Waals surface area contributed by atoms with E-state index in [0.717, 1.165) is 0 Å². The summed E-state index contributed by atoms with van der Waals surface area (Å²) in [6.45, 7) is 2.68. The van der Waals surface area contributed by atoms with Gasteiger partial charge < -0.3 is 20.7 Å². The van der Waals surface area contributed by atoms with Gasteiger partial charge in [-0.2, -0.15) is 0 Å². The van der Waals surface area contributed by atoms with E-state index >= 15 is 0 Å². The molecule has 1 saturated heterocycles. The third kappa shape index (κ3) is 3.61. The second-order valence-electron chi connectivity index (χ2n) is 5.28. The number of anilines is 2. The van der Waals surface area contributed by atoms with Crippen LogP contribution in [-0.4, -0.2) is 37.6 Å². The third-order valence-corrected chi connectivity index (χ3v) is 3.75. The van der Waals surface area contributed by atoms with Gasteiger partial charge in [-0.1, -0.05) is 0 Å². The Bertz CT molecular complexity index is 571. The van der Waals surface area contributed by atoms with Crippen LogP contribution in [0.3, 0.4) is 0 Å². The lowest BCUT2D eigenvalue weighted by atomic mass is 9.91. The number of methoxy groups -OCH3 is 1. The molecule has 1 aromatic carbocycles. The number of carbonyl (C=O) groups is 2. The first-order valence-corrected chi connectivity index (χ1v) is 7.11. The summed E-state index contributed by atoms with van der Waals surface area (Å²) in [4.78, 5) is 23.5. The number of halogens is 1. The standard InChI is InChI=1S/C15H20FN3O3/c1-10(20)18-13-9-11(3-4-12(13)16)19-14(21)15(22-2)5-7-17-8-6-15/h3-4,9,17H,5-8H2,1-2H3,(H,18,20)(H,19,21). The van der Waals surface area contributed by atoms with Gasteiger partial charge in [0.15, 0.2) is 0 Å². The largest absolute Gasteiger partial charge is 0.368 e. The molecule has 7 heteroatoms. The Labute approximate surface area is 128 Å². The predicted octanol–water partition coefficient (Wildman–Crippen LogP) is 1.49. The Morgan fingerprint density at radius 2 is 1.95 bits per heavy atom. The summed E-state index contributed by atoms with van der Waals surface area (Å²) in [7, 11) is 1.51. The van der Waals surface area contributed by atoms with Crippen molar-refractivity contribution in [2.24, 2.45) is 0 Å². The number of carbonyl (C=O) groups excluding carboxylic acids is 2. The lowest BCUT2D eigenvalue weighted by Gasteiger charge is -2.34. The van der Waals surface area contributed by atoms with E-state index in [-0.39, 0.29) is 17.5 Å². The van der Waals surface area contributed by atoms with Crippen LogP contribution >= 0.6 is 0 Å². The molecule has 1 heterocycles. The van der Waals surface area contributed by atoms with E-state index in [4.69, 9.17) is 4.74 Å². The van der Waals surface area contributed by atoms with Crippen LogP contribution in [0, 0.1) is 5.82 Å². The molecule has 0 radical (unpaired) electrons. The Hall–Kier alpha value is -1.99. The first-order chi connectivity index (χ1) is 10.5. The summed E-state index contributed by atoms with van der Waals surface area (Å²) >= 11 is 0. The van der Waals surface area contributed by atoms with Crippen LogP contribution in [0.15, 0.2) is 18.2 Å². The molecule has 6 nitrogen and oxygen atoms in total. The quantitative estimate of drug-likeness (QED) is 0.787. The zero-order valence-electron chi connectivity index (χ0n) is 12.7. The SMILES string of the molecule is COC1(C(=O)Nc2ccc(F)c(NC(C)=O)c2)CCNCC1. The number of ether oxygens (including phenoxy) is 1. The number of hydrogen-bond donors (Lipinski definition) is 3. The molecule has 0 saturated carbocycles. The van der Waals surface area contributed by atoms with E-state index in [1.165, 1.54) is 32.2 Å². The highest BCUT2D eigenvalue weighted by atomic mass is 19.1. The molecule has 0 aromatic heterocycles. The summed E-state index contributed by atoms with van der Waals surface area (Å²) in [5.74, 6) is -1.21. The normalized spacial score (nSPS) is 16.9. The van der Waals surface area contributed by atoms with Crippen LogP contribution in [0.1, 0.15) is 19.8 Å². The van der Waals surface area contributed by atoms with Crippen LogP contribution in [0.25, 0.3) is 0 Å². The van der Waals surface area contributed by atoms with Crippen molar-refractivity contribution in [3.8, 4) is 0 Å². The number of amides is 2. The third-order valence-electron chi connectivity index (χ3n) is 3.75. The zero-order chi connectivity index (χ0) is 16.2. The molecule has 1 aliphatic rings. The molecule has 120 valence electrons. The average molecular weight is 309 g/mol. The summed E-state index contributed by atoms with van der Waals surface area (Å²) in [6.07, 6.45) is 1.13. The van der Waals surface area contributed by atoms with Crippen molar-refractivity contribution in [1.82, 2.24) is 5.32 Å². The van der Waals surface area contributed by atoms with Gasteiger partial charge in [0.1, 0.15) is 11.4 Å². The van der Waals surface area contributed by atoms with E-state index in [1.54, 1.807) is 0 Å². The van der Waals surface area contributed by atoms with Gasteiger partial charge in [-0.25, -0.2) is 4.39 Å². The van der Waals surface area contributed by atoms with E-state index in [0.29, 0.717) is 31.6 Å². The smallest absolute Gasteiger partial charge is 0.256 e. The maximum absolute atomic E-state index is 13.6. The summed E-state index contributed by atoms with van der Waals surface area (Å²) in [5, 5.41) is 8.29. The van der Waals surface area contributed by atoms with Crippen molar-refractivity contribution in [3.05, 3.63) is 24.0 Å². The van der Waals surface area contributed by atoms with E-state index < -0.39 is 11.4 Å². The Morgan fingerprint density at radius 1 is 1.27 bits per heavy atom. The van der Waals surface area contributed by atoms with Gasteiger partial charge in [0, 0.05) is 19.7 Å². The first-order valence-electron chi connectivity index (χ1n) is 7.11. The van der Waals surface area contributed by atoms with Crippen molar-refractivity contribution in [3.63, 3.8) is 0 Å². The van der Waals surface area contributed by atoms with Crippen LogP contribution in [0.2, 0.25) is 0 Å². The van der Waals surface area contributed by atoms with Crippen LogP contribution < -0.4 is 16.0 Å². The Morgan fingerprint density at radius 3 is 2.55 bits per heavy atom. The van der Waals surface area contributed by atoms with Crippen molar-refractivity contribution in [1.29, 1.82) is 0 Å². The molecule has 0 atom stereocenters. The van der Waals surface area contributed by atoms with Crippen LogP contribution in [-0.2, 0) is 14.3 Å². The molecule has 1 fully saturated rings. The second-order valence-corrected chi connectivity index (χ2v) is 5.28. The Balaban J connectivity index is 2.15. The second kappa shape index (κ2) is 6.85. The van der Waals surface area contributed by atoms with Crippen molar-refractivity contribution in [2.75, 3.05) is 30.8 Å². The first kappa shape index (κ1) is 16.4. The van der Waals surface area contributed by atoms with Gasteiger partial charge in [-0.15, -0.1) is 0 Å². The van der Waals surface area contributed by atoms with Gasteiger partial charge in [0.05, 0.1) is 5.69 Å². The molecule has 0 unspecified atom stereocenters. The molecule has 1 aromatic rings. The highest BCUT2D eigenvalue weighted by Crippen LogP contribution is 2.26. The summed E-state index contributed by atoms with van der Waals surface area (Å²) in [5.41, 5.74) is -0.444. The molecule has 0 bridgehead atoms. The van der Waals surface area contributed by atoms with Crippen molar-refractivity contribution < 1.29 is 18.7 Å². The van der Waals surface area contributed by atoms with Gasteiger partial charge in [0.25, 0.3) is 5.91 Å². The number of hydrogen-bond acceptors (Lipinski definition) is 4. The number of rotatable bonds is 4. The van der Waals surface area contributed by atoms with Crippen LogP contribution in [0.5, 0.6) is 0 Å².